The molecule has 0 spiro atoms. The molecule has 0 saturated carbocycles. The average Bonchev–Trinajstić information content (AvgIpc) is 2.74. The molecule has 0 saturated heterocycles. The summed E-state index contributed by atoms with van der Waals surface area (Å²) in [5, 5.41) is 9.29. The third-order valence-corrected chi connectivity index (χ3v) is 3.56. The van der Waals surface area contributed by atoms with Crippen LogP contribution in [0.2, 0.25) is 5.02 Å². The largest absolute Gasteiger partial charge is 0.344 e. The van der Waals surface area contributed by atoms with Crippen LogP contribution >= 0.6 is 11.6 Å². The topological polar surface area (TPSA) is 45.8 Å². The number of rotatable bonds is 3. The van der Waals surface area contributed by atoms with Crippen molar-refractivity contribution < 1.29 is 4.79 Å². The zero-order chi connectivity index (χ0) is 14.0. The Balaban J connectivity index is 2.39. The molecule has 0 N–H and O–H groups in total. The van der Waals surface area contributed by atoms with Gasteiger partial charge in [-0.1, -0.05) is 23.7 Å². The van der Waals surface area contributed by atoms with E-state index in [0.717, 1.165) is 11.3 Å². The van der Waals surface area contributed by atoms with Crippen molar-refractivity contribution in [1.29, 1.82) is 5.26 Å². The normalized spacial score (nSPS) is 10.2. The summed E-state index contributed by atoms with van der Waals surface area (Å²) in [6.45, 7) is 1.89. The molecule has 0 radical (unpaired) electrons. The van der Waals surface area contributed by atoms with Crippen LogP contribution in [-0.2, 0) is 13.5 Å². The number of halogens is 1. The standard InChI is InChI=1S/C15H13ClN2O/c1-10-3-4-11(9-13(10)16)15(19)14-6-5-12(7-8-17)18(14)2/h3-6,9H,7H2,1-2H3. The second kappa shape index (κ2) is 5.29. The molecule has 96 valence electrons. The number of aromatic nitrogens is 1. The van der Waals surface area contributed by atoms with Gasteiger partial charge in [0.25, 0.3) is 0 Å². The Kier molecular flexibility index (Phi) is 3.73. The lowest BCUT2D eigenvalue weighted by Crippen LogP contribution is -2.09. The first-order valence-electron chi connectivity index (χ1n) is 5.87. The van der Waals surface area contributed by atoms with Crippen LogP contribution in [-0.4, -0.2) is 10.4 Å². The van der Waals surface area contributed by atoms with Gasteiger partial charge in [0.2, 0.25) is 5.78 Å². The van der Waals surface area contributed by atoms with Crippen LogP contribution in [0.15, 0.2) is 30.3 Å². The van der Waals surface area contributed by atoms with Crippen LogP contribution in [0.25, 0.3) is 0 Å². The maximum Gasteiger partial charge on any atom is 0.209 e. The molecule has 0 atom stereocenters. The minimum absolute atomic E-state index is 0.0893. The lowest BCUT2D eigenvalue weighted by atomic mass is 10.1. The quantitative estimate of drug-likeness (QED) is 0.805. The highest BCUT2D eigenvalue weighted by Crippen LogP contribution is 2.20. The minimum atomic E-state index is -0.0893. The third-order valence-electron chi connectivity index (χ3n) is 3.15. The fourth-order valence-electron chi connectivity index (χ4n) is 1.92. The fourth-order valence-corrected chi connectivity index (χ4v) is 2.10. The molecule has 2 rings (SSSR count). The molecule has 2 aromatic rings. The zero-order valence-corrected chi connectivity index (χ0v) is 11.5. The van der Waals surface area contributed by atoms with Gasteiger partial charge in [0.05, 0.1) is 18.2 Å². The molecule has 3 nitrogen and oxygen atoms in total. The summed E-state index contributed by atoms with van der Waals surface area (Å²) in [5.41, 5.74) is 2.88. The van der Waals surface area contributed by atoms with Crippen molar-refractivity contribution in [2.45, 2.75) is 13.3 Å². The molecule has 0 aliphatic heterocycles. The molecule has 0 amide bonds. The van der Waals surface area contributed by atoms with Gasteiger partial charge in [-0.2, -0.15) is 5.26 Å². The smallest absolute Gasteiger partial charge is 0.209 e. The van der Waals surface area contributed by atoms with Crippen molar-refractivity contribution in [2.24, 2.45) is 7.05 Å². The Morgan fingerprint density at radius 1 is 1.37 bits per heavy atom. The molecule has 0 aliphatic rings. The summed E-state index contributed by atoms with van der Waals surface area (Å²) in [5.74, 6) is -0.0893. The number of nitriles is 1. The van der Waals surface area contributed by atoms with Crippen molar-refractivity contribution >= 4 is 17.4 Å². The molecule has 1 aromatic carbocycles. The van der Waals surface area contributed by atoms with E-state index >= 15 is 0 Å². The fraction of sp³-hybridized carbons (Fsp3) is 0.200. The summed E-state index contributed by atoms with van der Waals surface area (Å²) in [7, 11) is 1.79. The highest BCUT2D eigenvalue weighted by molar-refractivity contribution is 6.31. The van der Waals surface area contributed by atoms with Crippen LogP contribution in [0.1, 0.15) is 27.3 Å². The summed E-state index contributed by atoms with van der Waals surface area (Å²) in [6, 6.07) is 10.9. The van der Waals surface area contributed by atoms with Crippen LogP contribution in [0.5, 0.6) is 0 Å². The van der Waals surface area contributed by atoms with Crippen LogP contribution < -0.4 is 0 Å². The summed E-state index contributed by atoms with van der Waals surface area (Å²) >= 11 is 6.04. The number of hydrogen-bond donors (Lipinski definition) is 0. The molecular weight excluding hydrogens is 260 g/mol. The Labute approximate surface area is 117 Å². The molecule has 0 unspecified atom stereocenters. The summed E-state index contributed by atoms with van der Waals surface area (Å²) in [6.07, 6.45) is 0.290. The van der Waals surface area contributed by atoms with Gasteiger partial charge < -0.3 is 4.57 Å². The van der Waals surface area contributed by atoms with Crippen LogP contribution in [0.3, 0.4) is 0 Å². The van der Waals surface area contributed by atoms with Gasteiger partial charge in [-0.05, 0) is 30.7 Å². The summed E-state index contributed by atoms with van der Waals surface area (Å²) in [4.78, 5) is 12.4. The van der Waals surface area contributed by atoms with Crippen molar-refractivity contribution in [3.8, 4) is 6.07 Å². The van der Waals surface area contributed by atoms with E-state index in [-0.39, 0.29) is 5.78 Å². The van der Waals surface area contributed by atoms with E-state index in [9.17, 15) is 4.79 Å². The first-order valence-corrected chi connectivity index (χ1v) is 6.24. The van der Waals surface area contributed by atoms with Gasteiger partial charge in [0.15, 0.2) is 0 Å². The lowest BCUT2D eigenvalue weighted by molar-refractivity contribution is 0.103. The van der Waals surface area contributed by atoms with E-state index in [1.807, 2.05) is 13.0 Å². The maximum absolute atomic E-state index is 12.4. The highest BCUT2D eigenvalue weighted by Gasteiger charge is 2.15. The predicted octanol–water partition coefficient (Wildman–Crippen LogP) is 3.28. The number of nitrogens with zero attached hydrogens (tertiary/aromatic N) is 2. The molecule has 0 bridgehead atoms. The average molecular weight is 273 g/mol. The Morgan fingerprint density at radius 3 is 2.74 bits per heavy atom. The first-order chi connectivity index (χ1) is 9.04. The lowest BCUT2D eigenvalue weighted by Gasteiger charge is -2.06. The van der Waals surface area contributed by atoms with E-state index < -0.39 is 0 Å². The van der Waals surface area contributed by atoms with E-state index in [0.29, 0.717) is 22.7 Å². The minimum Gasteiger partial charge on any atom is -0.344 e. The van der Waals surface area contributed by atoms with E-state index in [4.69, 9.17) is 16.9 Å². The van der Waals surface area contributed by atoms with E-state index in [1.165, 1.54) is 0 Å². The van der Waals surface area contributed by atoms with E-state index in [2.05, 4.69) is 6.07 Å². The highest BCUT2D eigenvalue weighted by atomic mass is 35.5. The molecule has 1 heterocycles. The molecule has 4 heteroatoms. The second-order valence-corrected chi connectivity index (χ2v) is 4.80. The van der Waals surface area contributed by atoms with Gasteiger partial charge in [-0.25, -0.2) is 0 Å². The van der Waals surface area contributed by atoms with Crippen molar-refractivity contribution in [3.05, 3.63) is 57.9 Å². The Hall–Kier alpha value is -2.05. The van der Waals surface area contributed by atoms with Crippen molar-refractivity contribution in [2.75, 3.05) is 0 Å². The maximum atomic E-state index is 12.4. The third kappa shape index (κ3) is 2.54. The monoisotopic (exact) mass is 272 g/mol. The molecule has 0 aliphatic carbocycles. The second-order valence-electron chi connectivity index (χ2n) is 4.40. The van der Waals surface area contributed by atoms with Crippen molar-refractivity contribution in [1.82, 2.24) is 4.57 Å². The number of hydrogen-bond acceptors (Lipinski definition) is 2. The number of ketones is 1. The zero-order valence-electron chi connectivity index (χ0n) is 10.8. The molecule has 1 aromatic heterocycles. The van der Waals surface area contributed by atoms with Crippen LogP contribution in [0.4, 0.5) is 0 Å². The molecule has 19 heavy (non-hydrogen) atoms. The molecule has 0 fully saturated rings. The van der Waals surface area contributed by atoms with Gasteiger partial charge >= 0.3 is 0 Å². The number of carbonyl (C=O) groups is 1. The molecular formula is C15H13ClN2O. The Bertz CT molecular complexity index is 680. The number of aryl methyl sites for hydroxylation is 1. The SMILES string of the molecule is Cc1ccc(C(=O)c2ccc(CC#N)n2C)cc1Cl. The summed E-state index contributed by atoms with van der Waals surface area (Å²) < 4.78 is 1.75. The first kappa shape index (κ1) is 13.4. The number of benzene rings is 1. The number of carbonyl (C=O) groups excluding carboxylic acids is 1. The Morgan fingerprint density at radius 2 is 2.11 bits per heavy atom. The van der Waals surface area contributed by atoms with Gasteiger partial charge in [-0.3, -0.25) is 4.79 Å². The van der Waals surface area contributed by atoms with Gasteiger partial charge in [0.1, 0.15) is 0 Å². The van der Waals surface area contributed by atoms with E-state index in [1.54, 1.807) is 35.9 Å². The van der Waals surface area contributed by atoms with Gasteiger partial charge in [-0.15, -0.1) is 0 Å². The van der Waals surface area contributed by atoms with Gasteiger partial charge in [0, 0.05) is 23.3 Å². The van der Waals surface area contributed by atoms with Crippen LogP contribution in [0, 0.1) is 18.3 Å². The predicted molar refractivity (Wildman–Crippen MR) is 74.4 cm³/mol. The van der Waals surface area contributed by atoms with Crippen molar-refractivity contribution in [3.63, 3.8) is 0 Å².